The van der Waals surface area contributed by atoms with Gasteiger partial charge >= 0.3 is 0 Å². The van der Waals surface area contributed by atoms with E-state index in [9.17, 15) is 9.50 Å². The van der Waals surface area contributed by atoms with Crippen LogP contribution in [0.15, 0.2) is 34.7 Å². The third kappa shape index (κ3) is 3.75. The van der Waals surface area contributed by atoms with Gasteiger partial charge in [-0.05, 0) is 57.5 Å². The predicted molar refractivity (Wildman–Crippen MR) is 122 cm³/mol. The van der Waals surface area contributed by atoms with Crippen molar-refractivity contribution in [1.82, 2.24) is 20.3 Å². The summed E-state index contributed by atoms with van der Waals surface area (Å²) in [5.41, 5.74) is 2.48. The number of benzene rings is 1. The number of anilines is 1. The number of halogens is 1. The zero-order chi connectivity index (χ0) is 22.6. The molecule has 0 bridgehead atoms. The van der Waals surface area contributed by atoms with Crippen molar-refractivity contribution >= 4 is 28.0 Å². The van der Waals surface area contributed by atoms with Crippen molar-refractivity contribution in [1.29, 1.82) is 0 Å². The van der Waals surface area contributed by atoms with Crippen LogP contribution in [0.2, 0.25) is 0 Å². The van der Waals surface area contributed by atoms with Crippen molar-refractivity contribution in [3.05, 3.63) is 42.0 Å². The van der Waals surface area contributed by atoms with Crippen molar-refractivity contribution in [2.24, 2.45) is 0 Å². The molecule has 32 heavy (non-hydrogen) atoms. The summed E-state index contributed by atoms with van der Waals surface area (Å²) in [7, 11) is 0. The Balaban J connectivity index is 1.45. The Labute approximate surface area is 185 Å². The van der Waals surface area contributed by atoms with Gasteiger partial charge in [0.1, 0.15) is 11.3 Å². The Bertz CT molecular complexity index is 1330. The molecular formula is C24H26FN5O2. The van der Waals surface area contributed by atoms with E-state index in [4.69, 9.17) is 9.40 Å². The monoisotopic (exact) mass is 435 g/mol. The van der Waals surface area contributed by atoms with Crippen molar-refractivity contribution < 1.29 is 13.9 Å². The molecule has 1 aromatic carbocycles. The van der Waals surface area contributed by atoms with Gasteiger partial charge in [-0.15, -0.1) is 0 Å². The molecule has 1 aliphatic heterocycles. The van der Waals surface area contributed by atoms with E-state index in [1.165, 1.54) is 0 Å². The minimum atomic E-state index is -0.808. The van der Waals surface area contributed by atoms with Gasteiger partial charge in [0.05, 0.1) is 16.7 Å². The van der Waals surface area contributed by atoms with Crippen LogP contribution in [0.4, 0.5) is 10.2 Å². The van der Waals surface area contributed by atoms with Gasteiger partial charge in [-0.2, -0.15) is 0 Å². The standard InChI is InChI=1S/C24H26FN5O2/c1-13-26-22-19(32-13)11-15(23(31)21(22)25)16-5-6-18-17(27-16)7-8-20(28-18)30-10-9-14(12-30)29-24(2,3)4/h5-8,11,14,29,31H,9-10,12H2,1-4H3. The van der Waals surface area contributed by atoms with Gasteiger partial charge < -0.3 is 19.7 Å². The van der Waals surface area contributed by atoms with E-state index in [1.54, 1.807) is 19.1 Å². The van der Waals surface area contributed by atoms with E-state index >= 15 is 0 Å². The summed E-state index contributed by atoms with van der Waals surface area (Å²) < 4.78 is 20.1. The summed E-state index contributed by atoms with van der Waals surface area (Å²) in [5, 5.41) is 14.1. The van der Waals surface area contributed by atoms with Crippen LogP contribution in [0.3, 0.4) is 0 Å². The lowest BCUT2D eigenvalue weighted by Gasteiger charge is -2.26. The van der Waals surface area contributed by atoms with Crippen LogP contribution in [0.1, 0.15) is 33.1 Å². The molecule has 7 nitrogen and oxygen atoms in total. The molecular weight excluding hydrogens is 409 g/mol. The first-order valence-electron chi connectivity index (χ1n) is 10.8. The molecule has 1 saturated heterocycles. The molecule has 0 radical (unpaired) electrons. The van der Waals surface area contributed by atoms with Crippen LogP contribution in [0.25, 0.3) is 33.4 Å². The van der Waals surface area contributed by atoms with Crippen LogP contribution >= 0.6 is 0 Å². The van der Waals surface area contributed by atoms with Gasteiger partial charge in [0.25, 0.3) is 0 Å². The summed E-state index contributed by atoms with van der Waals surface area (Å²) in [5.74, 6) is -0.0490. The summed E-state index contributed by atoms with van der Waals surface area (Å²) in [6, 6.07) is 9.45. The predicted octanol–water partition coefficient (Wildman–Crippen LogP) is 4.56. The molecule has 1 aliphatic rings. The average molecular weight is 436 g/mol. The van der Waals surface area contributed by atoms with Crippen LogP contribution in [-0.4, -0.2) is 44.7 Å². The number of oxazole rings is 1. The molecule has 0 spiro atoms. The molecule has 2 N–H and O–H groups in total. The van der Waals surface area contributed by atoms with Gasteiger partial charge in [-0.1, -0.05) is 0 Å². The zero-order valence-corrected chi connectivity index (χ0v) is 18.6. The number of nitrogens with one attached hydrogen (secondary N) is 1. The molecule has 4 aromatic rings. The van der Waals surface area contributed by atoms with E-state index in [1.807, 2.05) is 18.2 Å². The molecule has 0 saturated carbocycles. The Morgan fingerprint density at radius 3 is 2.66 bits per heavy atom. The lowest BCUT2D eigenvalue weighted by molar-refractivity contribution is 0.373. The number of aryl methyl sites for hydroxylation is 1. The molecule has 0 amide bonds. The van der Waals surface area contributed by atoms with E-state index in [0.717, 1.165) is 30.8 Å². The van der Waals surface area contributed by atoms with Crippen LogP contribution < -0.4 is 10.2 Å². The molecule has 3 aromatic heterocycles. The molecule has 5 rings (SSSR count). The number of pyridine rings is 2. The molecule has 166 valence electrons. The Morgan fingerprint density at radius 2 is 1.88 bits per heavy atom. The molecule has 4 heterocycles. The summed E-state index contributed by atoms with van der Waals surface area (Å²) in [6.45, 7) is 10.0. The van der Waals surface area contributed by atoms with Crippen LogP contribution in [0.5, 0.6) is 5.75 Å². The SMILES string of the molecule is Cc1nc2c(F)c(O)c(-c3ccc4nc(N5CCC(NC(C)(C)C)C5)ccc4n3)cc2o1. The number of rotatable bonds is 3. The third-order valence-electron chi connectivity index (χ3n) is 5.66. The normalized spacial score (nSPS) is 17.0. The summed E-state index contributed by atoms with van der Waals surface area (Å²) >= 11 is 0. The minimum absolute atomic E-state index is 0.0146. The second kappa shape index (κ2) is 7.41. The number of aromatic hydroxyl groups is 1. The number of nitrogens with zero attached hydrogens (tertiary/aromatic N) is 4. The average Bonchev–Trinajstić information content (AvgIpc) is 3.34. The van der Waals surface area contributed by atoms with E-state index in [-0.39, 0.29) is 22.2 Å². The molecule has 1 unspecified atom stereocenters. The first-order chi connectivity index (χ1) is 15.2. The lowest BCUT2D eigenvalue weighted by Crippen LogP contribution is -2.44. The van der Waals surface area contributed by atoms with Gasteiger partial charge in [0, 0.05) is 37.2 Å². The summed E-state index contributed by atoms with van der Waals surface area (Å²) in [6.07, 6.45) is 1.07. The number of hydrogen-bond acceptors (Lipinski definition) is 7. The highest BCUT2D eigenvalue weighted by molar-refractivity contribution is 5.87. The van der Waals surface area contributed by atoms with Gasteiger partial charge in [0.2, 0.25) is 0 Å². The Hall–Kier alpha value is -3.26. The highest BCUT2D eigenvalue weighted by Gasteiger charge is 2.27. The first kappa shape index (κ1) is 20.6. The van der Waals surface area contributed by atoms with Crippen LogP contribution in [-0.2, 0) is 0 Å². The van der Waals surface area contributed by atoms with Crippen molar-refractivity contribution in [2.75, 3.05) is 18.0 Å². The quantitative estimate of drug-likeness (QED) is 0.488. The van der Waals surface area contributed by atoms with Gasteiger partial charge in [-0.3, -0.25) is 0 Å². The Kier molecular flexibility index (Phi) is 4.78. The number of aromatic nitrogens is 3. The molecule has 1 atom stereocenters. The number of hydrogen-bond donors (Lipinski definition) is 2. The van der Waals surface area contributed by atoms with Gasteiger partial charge in [0.15, 0.2) is 23.0 Å². The fourth-order valence-corrected chi connectivity index (χ4v) is 4.35. The lowest BCUT2D eigenvalue weighted by atomic mass is 10.1. The van der Waals surface area contributed by atoms with Crippen LogP contribution in [0, 0.1) is 12.7 Å². The molecule has 1 fully saturated rings. The highest BCUT2D eigenvalue weighted by Crippen LogP contribution is 2.36. The zero-order valence-electron chi connectivity index (χ0n) is 18.6. The number of phenols is 1. The first-order valence-corrected chi connectivity index (χ1v) is 10.8. The molecule has 8 heteroatoms. The second-order valence-corrected chi connectivity index (χ2v) is 9.40. The van der Waals surface area contributed by atoms with Crippen molar-refractivity contribution in [3.8, 4) is 17.0 Å². The maximum absolute atomic E-state index is 14.6. The van der Waals surface area contributed by atoms with E-state index in [2.05, 4.69) is 41.0 Å². The fraction of sp³-hybridized carbons (Fsp3) is 0.375. The van der Waals surface area contributed by atoms with Gasteiger partial charge in [-0.25, -0.2) is 19.3 Å². The maximum Gasteiger partial charge on any atom is 0.195 e. The maximum atomic E-state index is 14.6. The minimum Gasteiger partial charge on any atom is -0.504 e. The topological polar surface area (TPSA) is 87.3 Å². The smallest absolute Gasteiger partial charge is 0.195 e. The number of phenolic OH excluding ortho intramolecular Hbond substituents is 1. The van der Waals surface area contributed by atoms with E-state index in [0.29, 0.717) is 23.1 Å². The Morgan fingerprint density at radius 1 is 1.12 bits per heavy atom. The third-order valence-corrected chi connectivity index (χ3v) is 5.66. The second-order valence-electron chi connectivity index (χ2n) is 9.40. The highest BCUT2D eigenvalue weighted by atomic mass is 19.1. The molecule has 0 aliphatic carbocycles. The van der Waals surface area contributed by atoms with E-state index < -0.39 is 11.6 Å². The number of fused-ring (bicyclic) bond motifs is 2. The summed E-state index contributed by atoms with van der Waals surface area (Å²) in [4.78, 5) is 15.7. The van der Waals surface area contributed by atoms with Crippen molar-refractivity contribution in [2.45, 2.75) is 45.7 Å². The van der Waals surface area contributed by atoms with Crippen molar-refractivity contribution in [3.63, 3.8) is 0 Å². The fourth-order valence-electron chi connectivity index (χ4n) is 4.35. The largest absolute Gasteiger partial charge is 0.504 e.